The van der Waals surface area contributed by atoms with Crippen molar-refractivity contribution < 1.29 is 9.90 Å². The molecule has 94 valence electrons. The number of nitriles is 1. The second-order valence-electron chi connectivity index (χ2n) is 4.69. The van der Waals surface area contributed by atoms with Crippen LogP contribution in [-0.2, 0) is 0 Å². The van der Waals surface area contributed by atoms with Gasteiger partial charge in [-0.15, -0.1) is 0 Å². The van der Waals surface area contributed by atoms with Crippen LogP contribution in [0.2, 0.25) is 0 Å². The quantitative estimate of drug-likeness (QED) is 0.828. The third-order valence-electron chi connectivity index (χ3n) is 3.43. The molecule has 1 heterocycles. The first-order valence-corrected chi connectivity index (χ1v) is 5.91. The molecular formula is C13H15N3O2. The lowest BCUT2D eigenvalue weighted by atomic mass is 9.77. The van der Waals surface area contributed by atoms with E-state index in [1.54, 1.807) is 13.0 Å². The Kier molecular flexibility index (Phi) is 3.30. The minimum Gasteiger partial charge on any atom is -0.394 e. The maximum atomic E-state index is 12.0. The molecule has 2 N–H and O–H groups in total. The number of aryl methyl sites for hydroxylation is 1. The molecule has 0 atom stereocenters. The van der Waals surface area contributed by atoms with Crippen LogP contribution >= 0.6 is 0 Å². The third kappa shape index (κ3) is 2.20. The van der Waals surface area contributed by atoms with E-state index in [-0.39, 0.29) is 18.2 Å². The zero-order valence-corrected chi connectivity index (χ0v) is 10.2. The molecule has 1 aromatic rings. The Morgan fingerprint density at radius 3 is 2.78 bits per heavy atom. The summed E-state index contributed by atoms with van der Waals surface area (Å²) in [5.41, 5.74) is 0.815. The standard InChI is InChI=1S/C13H15N3O2/c1-9-10(7-14)3-4-11(15-9)12(18)16-13(8-17)5-2-6-13/h3-4,17H,2,5-6,8H2,1H3,(H,16,18). The van der Waals surface area contributed by atoms with Crippen molar-refractivity contribution in [3.05, 3.63) is 29.1 Å². The zero-order valence-electron chi connectivity index (χ0n) is 10.2. The zero-order chi connectivity index (χ0) is 13.2. The Morgan fingerprint density at radius 1 is 1.61 bits per heavy atom. The maximum absolute atomic E-state index is 12.0. The molecule has 1 amide bonds. The van der Waals surface area contributed by atoms with Crippen LogP contribution in [0.4, 0.5) is 0 Å². The average Bonchev–Trinajstić information content (AvgIpc) is 2.33. The summed E-state index contributed by atoms with van der Waals surface area (Å²) in [6, 6.07) is 5.13. The van der Waals surface area contributed by atoms with Gasteiger partial charge in [0.1, 0.15) is 11.8 Å². The largest absolute Gasteiger partial charge is 0.394 e. The summed E-state index contributed by atoms with van der Waals surface area (Å²) in [6.07, 6.45) is 2.61. The Bertz CT molecular complexity index is 510. The van der Waals surface area contributed by atoms with Gasteiger partial charge in [-0.1, -0.05) is 0 Å². The molecular weight excluding hydrogens is 230 g/mol. The van der Waals surface area contributed by atoms with E-state index in [0.717, 1.165) is 19.3 Å². The van der Waals surface area contributed by atoms with Gasteiger partial charge in [0.25, 0.3) is 5.91 Å². The van der Waals surface area contributed by atoms with Gasteiger partial charge >= 0.3 is 0 Å². The Hall–Kier alpha value is -1.93. The molecule has 0 unspecified atom stereocenters. The minimum absolute atomic E-state index is 0.0476. The Labute approximate surface area is 105 Å². The van der Waals surface area contributed by atoms with E-state index in [2.05, 4.69) is 10.3 Å². The van der Waals surface area contributed by atoms with Crippen molar-refractivity contribution in [1.82, 2.24) is 10.3 Å². The van der Waals surface area contributed by atoms with Gasteiger partial charge in [-0.25, -0.2) is 4.98 Å². The van der Waals surface area contributed by atoms with Crippen LogP contribution in [0, 0.1) is 18.3 Å². The predicted octanol–water partition coefficient (Wildman–Crippen LogP) is 0.906. The fourth-order valence-electron chi connectivity index (χ4n) is 2.04. The van der Waals surface area contributed by atoms with E-state index < -0.39 is 5.54 Å². The summed E-state index contributed by atoms with van der Waals surface area (Å²) in [7, 11) is 0. The molecule has 1 fully saturated rings. The van der Waals surface area contributed by atoms with Gasteiger partial charge in [0.05, 0.1) is 23.4 Å². The predicted molar refractivity (Wildman–Crippen MR) is 64.8 cm³/mol. The van der Waals surface area contributed by atoms with Crippen molar-refractivity contribution in [3.8, 4) is 6.07 Å². The minimum atomic E-state index is -0.472. The van der Waals surface area contributed by atoms with Gasteiger partial charge in [-0.2, -0.15) is 5.26 Å². The van der Waals surface area contributed by atoms with Crippen LogP contribution in [0.25, 0.3) is 0 Å². The van der Waals surface area contributed by atoms with Crippen molar-refractivity contribution in [2.24, 2.45) is 0 Å². The van der Waals surface area contributed by atoms with Crippen LogP contribution in [0.5, 0.6) is 0 Å². The fourth-order valence-corrected chi connectivity index (χ4v) is 2.04. The SMILES string of the molecule is Cc1nc(C(=O)NC2(CO)CCC2)ccc1C#N. The van der Waals surface area contributed by atoms with Crippen molar-refractivity contribution in [2.45, 2.75) is 31.7 Å². The number of rotatable bonds is 3. The third-order valence-corrected chi connectivity index (χ3v) is 3.43. The molecule has 0 bridgehead atoms. The lowest BCUT2D eigenvalue weighted by molar-refractivity contribution is 0.0637. The highest BCUT2D eigenvalue weighted by Crippen LogP contribution is 2.31. The number of carbonyl (C=O) groups excluding carboxylic acids is 1. The van der Waals surface area contributed by atoms with Crippen molar-refractivity contribution in [1.29, 1.82) is 5.26 Å². The molecule has 5 heteroatoms. The fraction of sp³-hybridized carbons (Fsp3) is 0.462. The van der Waals surface area contributed by atoms with Gasteiger partial charge in [0, 0.05) is 0 Å². The lowest BCUT2D eigenvalue weighted by Gasteiger charge is -2.40. The summed E-state index contributed by atoms with van der Waals surface area (Å²) in [5.74, 6) is -0.295. The second kappa shape index (κ2) is 4.75. The van der Waals surface area contributed by atoms with Crippen LogP contribution in [-0.4, -0.2) is 28.1 Å². The number of hydrogen-bond acceptors (Lipinski definition) is 4. The van der Waals surface area contributed by atoms with E-state index in [0.29, 0.717) is 11.3 Å². The molecule has 0 spiro atoms. The lowest BCUT2D eigenvalue weighted by Crippen LogP contribution is -2.56. The van der Waals surface area contributed by atoms with Crippen LogP contribution in [0.15, 0.2) is 12.1 Å². The van der Waals surface area contributed by atoms with Gasteiger partial charge in [-0.05, 0) is 38.3 Å². The van der Waals surface area contributed by atoms with E-state index in [9.17, 15) is 9.90 Å². The van der Waals surface area contributed by atoms with E-state index in [1.165, 1.54) is 6.07 Å². The number of carbonyl (C=O) groups is 1. The molecule has 0 aliphatic heterocycles. The number of aliphatic hydroxyl groups is 1. The number of nitrogens with one attached hydrogen (secondary N) is 1. The first kappa shape index (κ1) is 12.5. The summed E-state index contributed by atoms with van der Waals surface area (Å²) >= 11 is 0. The topological polar surface area (TPSA) is 86.0 Å². The van der Waals surface area contributed by atoms with Crippen molar-refractivity contribution in [2.75, 3.05) is 6.61 Å². The average molecular weight is 245 g/mol. The van der Waals surface area contributed by atoms with Crippen LogP contribution in [0.3, 0.4) is 0 Å². The summed E-state index contributed by atoms with van der Waals surface area (Å²) in [5, 5.41) is 20.9. The molecule has 2 rings (SSSR count). The molecule has 0 saturated heterocycles. The molecule has 1 aliphatic rings. The normalized spacial score (nSPS) is 16.5. The van der Waals surface area contributed by atoms with E-state index in [4.69, 9.17) is 5.26 Å². The highest BCUT2D eigenvalue weighted by Gasteiger charge is 2.38. The highest BCUT2D eigenvalue weighted by atomic mass is 16.3. The maximum Gasteiger partial charge on any atom is 0.270 e. The summed E-state index contributed by atoms with van der Waals surface area (Å²) in [6.45, 7) is 1.65. The van der Waals surface area contributed by atoms with Gasteiger partial charge in [-0.3, -0.25) is 4.79 Å². The van der Waals surface area contributed by atoms with Crippen molar-refractivity contribution >= 4 is 5.91 Å². The summed E-state index contributed by atoms with van der Waals surface area (Å²) in [4.78, 5) is 16.1. The second-order valence-corrected chi connectivity index (χ2v) is 4.69. The number of amides is 1. The van der Waals surface area contributed by atoms with Crippen LogP contribution < -0.4 is 5.32 Å². The number of hydrogen-bond donors (Lipinski definition) is 2. The monoisotopic (exact) mass is 245 g/mol. The number of nitrogens with zero attached hydrogens (tertiary/aromatic N) is 2. The van der Waals surface area contributed by atoms with Gasteiger partial charge < -0.3 is 10.4 Å². The Morgan fingerprint density at radius 2 is 2.33 bits per heavy atom. The van der Waals surface area contributed by atoms with Gasteiger partial charge in [0.15, 0.2) is 0 Å². The molecule has 1 aromatic heterocycles. The van der Waals surface area contributed by atoms with Crippen molar-refractivity contribution in [3.63, 3.8) is 0 Å². The Balaban J connectivity index is 2.14. The smallest absolute Gasteiger partial charge is 0.270 e. The first-order valence-electron chi connectivity index (χ1n) is 5.91. The molecule has 18 heavy (non-hydrogen) atoms. The van der Waals surface area contributed by atoms with E-state index in [1.807, 2.05) is 6.07 Å². The molecule has 1 aliphatic carbocycles. The molecule has 0 radical (unpaired) electrons. The summed E-state index contributed by atoms with van der Waals surface area (Å²) < 4.78 is 0. The number of aliphatic hydroxyl groups excluding tert-OH is 1. The van der Waals surface area contributed by atoms with Crippen LogP contribution in [0.1, 0.15) is 41.0 Å². The van der Waals surface area contributed by atoms with E-state index >= 15 is 0 Å². The molecule has 0 aromatic carbocycles. The molecule has 1 saturated carbocycles. The first-order chi connectivity index (χ1) is 8.60. The number of aromatic nitrogens is 1. The number of pyridine rings is 1. The molecule has 5 nitrogen and oxygen atoms in total. The van der Waals surface area contributed by atoms with Gasteiger partial charge in [0.2, 0.25) is 0 Å². The highest BCUT2D eigenvalue weighted by molar-refractivity contribution is 5.93.